The second-order valence-electron chi connectivity index (χ2n) is 7.19. The number of hydrogen-bond donors (Lipinski definition) is 1. The Bertz CT molecular complexity index is 908. The molecule has 5 nitrogen and oxygen atoms in total. The van der Waals surface area contributed by atoms with Crippen molar-refractivity contribution in [3.63, 3.8) is 0 Å². The lowest BCUT2D eigenvalue weighted by Crippen LogP contribution is -2.44. The monoisotopic (exact) mass is 362 g/mol. The Morgan fingerprint density at radius 2 is 1.63 bits per heavy atom. The molecule has 0 spiro atoms. The summed E-state index contributed by atoms with van der Waals surface area (Å²) in [4.78, 5) is 4.82. The van der Waals surface area contributed by atoms with Gasteiger partial charge >= 0.3 is 0 Å². The van der Waals surface area contributed by atoms with E-state index in [1.54, 1.807) is 7.11 Å². The predicted octanol–water partition coefficient (Wildman–Crippen LogP) is 3.81. The van der Waals surface area contributed by atoms with Crippen LogP contribution in [0.2, 0.25) is 0 Å². The first-order valence-electron chi connectivity index (χ1n) is 9.38. The van der Waals surface area contributed by atoms with Crippen molar-refractivity contribution >= 4 is 5.69 Å². The summed E-state index contributed by atoms with van der Waals surface area (Å²) in [6.45, 7) is 6.45. The van der Waals surface area contributed by atoms with Crippen LogP contribution in [-0.4, -0.2) is 55.4 Å². The maximum atomic E-state index is 5.34. The van der Waals surface area contributed by atoms with Gasteiger partial charge in [0.05, 0.1) is 18.5 Å². The standard InChI is InChI=1S/C22H26N4O/c1-16-14-18(6-9-22(16)27-3)21-15-20(23-24-21)17-4-7-19(8-5-17)26-12-10-25(2)11-13-26/h4-9,14-15H,10-13H2,1-3H3,(H,23,24). The Hall–Kier alpha value is -2.79. The molecule has 1 saturated heterocycles. The minimum Gasteiger partial charge on any atom is -0.496 e. The Balaban J connectivity index is 1.52. The minimum atomic E-state index is 0.897. The van der Waals surface area contributed by atoms with E-state index < -0.39 is 0 Å². The van der Waals surface area contributed by atoms with Gasteiger partial charge in [-0.25, -0.2) is 0 Å². The maximum absolute atomic E-state index is 5.34. The number of aromatic amines is 1. The number of piperazine rings is 1. The lowest BCUT2D eigenvalue weighted by atomic mass is 10.1. The Kier molecular flexibility index (Phi) is 4.86. The molecule has 1 fully saturated rings. The molecule has 0 atom stereocenters. The third-order valence-corrected chi connectivity index (χ3v) is 5.32. The maximum Gasteiger partial charge on any atom is 0.121 e. The van der Waals surface area contributed by atoms with Crippen LogP contribution < -0.4 is 9.64 Å². The van der Waals surface area contributed by atoms with E-state index in [9.17, 15) is 0 Å². The van der Waals surface area contributed by atoms with E-state index in [0.717, 1.165) is 60.0 Å². The molecule has 4 rings (SSSR count). The zero-order valence-corrected chi connectivity index (χ0v) is 16.2. The number of nitrogens with one attached hydrogen (secondary N) is 1. The molecule has 2 aromatic carbocycles. The molecule has 140 valence electrons. The van der Waals surface area contributed by atoms with Gasteiger partial charge in [-0.2, -0.15) is 5.10 Å². The van der Waals surface area contributed by atoms with Crippen molar-refractivity contribution in [2.45, 2.75) is 6.92 Å². The average molecular weight is 362 g/mol. The van der Waals surface area contributed by atoms with Crippen LogP contribution in [0.4, 0.5) is 5.69 Å². The van der Waals surface area contributed by atoms with E-state index in [0.29, 0.717) is 0 Å². The van der Waals surface area contributed by atoms with E-state index >= 15 is 0 Å². The third-order valence-electron chi connectivity index (χ3n) is 5.32. The first kappa shape index (κ1) is 17.6. The highest BCUT2D eigenvalue weighted by atomic mass is 16.5. The topological polar surface area (TPSA) is 44.4 Å². The van der Waals surface area contributed by atoms with Crippen molar-refractivity contribution in [2.75, 3.05) is 45.2 Å². The summed E-state index contributed by atoms with van der Waals surface area (Å²) < 4.78 is 5.34. The molecule has 0 aliphatic carbocycles. The number of nitrogens with zero attached hydrogens (tertiary/aromatic N) is 3. The van der Waals surface area contributed by atoms with Gasteiger partial charge in [0.2, 0.25) is 0 Å². The van der Waals surface area contributed by atoms with Gasteiger partial charge in [0.25, 0.3) is 0 Å². The summed E-state index contributed by atoms with van der Waals surface area (Å²) in [5.41, 5.74) is 6.61. The van der Waals surface area contributed by atoms with E-state index in [2.05, 4.69) is 63.4 Å². The number of H-pyrrole nitrogens is 1. The molecule has 27 heavy (non-hydrogen) atoms. The smallest absolute Gasteiger partial charge is 0.121 e. The van der Waals surface area contributed by atoms with Crippen molar-refractivity contribution in [3.05, 3.63) is 54.1 Å². The number of ether oxygens (including phenoxy) is 1. The van der Waals surface area contributed by atoms with Crippen molar-refractivity contribution < 1.29 is 4.74 Å². The van der Waals surface area contributed by atoms with Gasteiger partial charge in [0, 0.05) is 37.4 Å². The van der Waals surface area contributed by atoms with Crippen LogP contribution in [0.25, 0.3) is 22.5 Å². The lowest BCUT2D eigenvalue weighted by Gasteiger charge is -2.34. The number of aromatic nitrogens is 2. The number of anilines is 1. The van der Waals surface area contributed by atoms with Crippen LogP contribution in [0, 0.1) is 6.92 Å². The number of likely N-dealkylation sites (N-methyl/N-ethyl adjacent to an activating group) is 1. The molecule has 1 aliphatic heterocycles. The summed E-state index contributed by atoms with van der Waals surface area (Å²) >= 11 is 0. The summed E-state index contributed by atoms with van der Waals surface area (Å²) in [5.74, 6) is 0.897. The number of benzene rings is 2. The summed E-state index contributed by atoms with van der Waals surface area (Å²) in [7, 11) is 3.88. The second-order valence-corrected chi connectivity index (χ2v) is 7.19. The van der Waals surface area contributed by atoms with Gasteiger partial charge < -0.3 is 14.5 Å². The van der Waals surface area contributed by atoms with Crippen molar-refractivity contribution in [1.82, 2.24) is 15.1 Å². The quantitative estimate of drug-likeness (QED) is 0.766. The number of methoxy groups -OCH3 is 1. The van der Waals surface area contributed by atoms with Gasteiger partial charge in [-0.15, -0.1) is 0 Å². The fourth-order valence-corrected chi connectivity index (χ4v) is 3.57. The second kappa shape index (κ2) is 7.45. The van der Waals surface area contributed by atoms with E-state index in [1.807, 2.05) is 19.1 Å². The SMILES string of the molecule is COc1ccc(-c2cc(-c3ccc(N4CCN(C)CC4)cc3)[nH]n2)cc1C. The Labute approximate surface area is 160 Å². The fourth-order valence-electron chi connectivity index (χ4n) is 3.57. The molecule has 0 unspecified atom stereocenters. The summed E-state index contributed by atoms with van der Waals surface area (Å²) in [6, 6.07) is 17.0. The fraction of sp³-hybridized carbons (Fsp3) is 0.318. The van der Waals surface area contributed by atoms with Crippen LogP contribution in [0.3, 0.4) is 0 Å². The van der Waals surface area contributed by atoms with E-state index in [-0.39, 0.29) is 0 Å². The molecule has 2 heterocycles. The number of rotatable bonds is 4. The lowest BCUT2D eigenvalue weighted by molar-refractivity contribution is 0.313. The number of hydrogen-bond acceptors (Lipinski definition) is 4. The highest BCUT2D eigenvalue weighted by molar-refractivity contribution is 5.70. The van der Waals surface area contributed by atoms with Gasteiger partial charge in [-0.05, 0) is 61.5 Å². The van der Waals surface area contributed by atoms with E-state index in [1.165, 1.54) is 5.69 Å². The van der Waals surface area contributed by atoms with Crippen LogP contribution in [0.1, 0.15) is 5.56 Å². The van der Waals surface area contributed by atoms with Crippen molar-refractivity contribution in [3.8, 4) is 28.3 Å². The first-order chi connectivity index (χ1) is 13.1. The summed E-state index contributed by atoms with van der Waals surface area (Å²) in [6.07, 6.45) is 0. The molecule has 5 heteroatoms. The number of aryl methyl sites for hydroxylation is 1. The van der Waals surface area contributed by atoms with Crippen LogP contribution in [0.5, 0.6) is 5.75 Å². The van der Waals surface area contributed by atoms with Gasteiger partial charge in [-0.3, -0.25) is 5.10 Å². The molecule has 1 N–H and O–H groups in total. The highest BCUT2D eigenvalue weighted by Gasteiger charge is 2.14. The minimum absolute atomic E-state index is 0.897. The first-order valence-corrected chi connectivity index (χ1v) is 9.38. The zero-order chi connectivity index (χ0) is 18.8. The average Bonchev–Trinajstić information content (AvgIpc) is 3.19. The van der Waals surface area contributed by atoms with Gasteiger partial charge in [0.15, 0.2) is 0 Å². The molecule has 0 amide bonds. The van der Waals surface area contributed by atoms with Gasteiger partial charge in [0.1, 0.15) is 5.75 Å². The molecule has 0 radical (unpaired) electrons. The van der Waals surface area contributed by atoms with Gasteiger partial charge in [-0.1, -0.05) is 12.1 Å². The third kappa shape index (κ3) is 3.69. The Morgan fingerprint density at radius 1 is 0.926 bits per heavy atom. The van der Waals surface area contributed by atoms with Crippen LogP contribution >= 0.6 is 0 Å². The van der Waals surface area contributed by atoms with Crippen LogP contribution in [-0.2, 0) is 0 Å². The van der Waals surface area contributed by atoms with E-state index in [4.69, 9.17) is 4.74 Å². The molecule has 0 bridgehead atoms. The molecule has 3 aromatic rings. The van der Waals surface area contributed by atoms with Crippen molar-refractivity contribution in [1.29, 1.82) is 0 Å². The highest BCUT2D eigenvalue weighted by Crippen LogP contribution is 2.28. The predicted molar refractivity (Wildman–Crippen MR) is 110 cm³/mol. The normalized spacial score (nSPS) is 15.1. The Morgan fingerprint density at radius 3 is 2.30 bits per heavy atom. The zero-order valence-electron chi connectivity index (χ0n) is 16.2. The molecule has 1 aliphatic rings. The molecule has 1 aromatic heterocycles. The summed E-state index contributed by atoms with van der Waals surface area (Å²) in [5, 5.41) is 7.67. The molecular weight excluding hydrogens is 336 g/mol. The molecule has 0 saturated carbocycles. The van der Waals surface area contributed by atoms with Crippen molar-refractivity contribution in [2.24, 2.45) is 0 Å². The molecular formula is C22H26N4O. The van der Waals surface area contributed by atoms with Crippen LogP contribution in [0.15, 0.2) is 48.5 Å². The largest absolute Gasteiger partial charge is 0.496 e.